The first-order valence-electron chi connectivity index (χ1n) is 10.8. The first-order chi connectivity index (χ1) is 14.7. The zero-order chi connectivity index (χ0) is 22.3. The maximum Gasteiger partial charge on any atom is 0.283 e. The summed E-state index contributed by atoms with van der Waals surface area (Å²) in [5, 5.41) is 7.11. The monoisotopic (exact) mass is 487 g/mol. The number of hydrogen-bond donors (Lipinski definition) is 1. The van der Waals surface area contributed by atoms with Crippen LogP contribution in [0.2, 0.25) is 0 Å². The summed E-state index contributed by atoms with van der Waals surface area (Å²) in [6.45, 7) is 7.37. The van der Waals surface area contributed by atoms with Gasteiger partial charge in [0.05, 0.1) is 11.9 Å². The van der Waals surface area contributed by atoms with Gasteiger partial charge in [0.25, 0.3) is 5.56 Å². The molecular weight excluding hydrogens is 458 g/mol. The van der Waals surface area contributed by atoms with Crippen LogP contribution in [0.15, 0.2) is 40.0 Å². The van der Waals surface area contributed by atoms with E-state index in [0.29, 0.717) is 28.4 Å². The minimum atomic E-state index is -0.294. The van der Waals surface area contributed by atoms with Gasteiger partial charge in [-0.1, -0.05) is 20.8 Å². The standard InChI is InChI=1S/C23H30BrN5O2/c1-14-17-9-16(23(17,2)3)10-18(14)28(4)19-12-27-29(22(31)21(19)24)13-20(30)26-11-15-5-7-25-8-6-15/h5-8,12,14,16-18H,9-11,13H2,1-4H3,(H,26,30)/t14-,16+,17-,18-/m1/s1. The Labute approximate surface area is 191 Å². The highest BCUT2D eigenvalue weighted by molar-refractivity contribution is 9.10. The number of aromatic nitrogens is 3. The molecule has 0 radical (unpaired) electrons. The average molecular weight is 488 g/mol. The van der Waals surface area contributed by atoms with E-state index < -0.39 is 0 Å². The molecule has 166 valence electrons. The van der Waals surface area contributed by atoms with E-state index in [1.54, 1.807) is 18.6 Å². The number of fused-ring (bicyclic) bond motifs is 2. The fourth-order valence-electron chi connectivity index (χ4n) is 5.52. The van der Waals surface area contributed by atoms with E-state index in [4.69, 9.17) is 0 Å². The molecule has 2 bridgehead atoms. The van der Waals surface area contributed by atoms with Gasteiger partial charge in [0, 0.05) is 32.0 Å². The second-order valence-corrected chi connectivity index (χ2v) is 10.4. The number of rotatable bonds is 6. The van der Waals surface area contributed by atoms with Crippen molar-refractivity contribution in [1.82, 2.24) is 20.1 Å². The number of hydrogen-bond acceptors (Lipinski definition) is 5. The third-order valence-electron chi connectivity index (χ3n) is 7.69. The van der Waals surface area contributed by atoms with Crippen LogP contribution in [0.1, 0.15) is 39.2 Å². The Balaban J connectivity index is 1.44. The smallest absolute Gasteiger partial charge is 0.283 e. The Morgan fingerprint density at radius 1 is 1.32 bits per heavy atom. The number of amides is 1. The van der Waals surface area contributed by atoms with Gasteiger partial charge in [0.2, 0.25) is 5.91 Å². The largest absolute Gasteiger partial charge is 0.369 e. The zero-order valence-electron chi connectivity index (χ0n) is 18.5. The number of anilines is 1. The van der Waals surface area contributed by atoms with Gasteiger partial charge in [-0.05, 0) is 69.6 Å². The molecule has 8 heteroatoms. The van der Waals surface area contributed by atoms with Crippen molar-refractivity contribution in [2.45, 2.75) is 52.7 Å². The number of carbonyl (C=O) groups excluding carboxylic acids is 1. The van der Waals surface area contributed by atoms with Crippen LogP contribution in [0.25, 0.3) is 0 Å². The molecule has 31 heavy (non-hydrogen) atoms. The second-order valence-electron chi connectivity index (χ2n) is 9.57. The van der Waals surface area contributed by atoms with Crippen molar-refractivity contribution in [3.63, 3.8) is 0 Å². The van der Waals surface area contributed by atoms with E-state index in [1.165, 1.54) is 11.1 Å². The van der Waals surface area contributed by atoms with E-state index in [2.05, 4.69) is 57.0 Å². The second kappa shape index (κ2) is 8.37. The molecule has 2 aromatic rings. The zero-order valence-corrected chi connectivity index (χ0v) is 20.1. The molecule has 3 aliphatic rings. The van der Waals surface area contributed by atoms with Gasteiger partial charge in [-0.15, -0.1) is 0 Å². The van der Waals surface area contributed by atoms with Crippen molar-refractivity contribution in [3.05, 3.63) is 51.1 Å². The van der Waals surface area contributed by atoms with Gasteiger partial charge >= 0.3 is 0 Å². The quantitative estimate of drug-likeness (QED) is 0.676. The molecule has 0 unspecified atom stereocenters. The highest BCUT2D eigenvalue weighted by Gasteiger charge is 2.57. The summed E-state index contributed by atoms with van der Waals surface area (Å²) < 4.78 is 1.66. The lowest BCUT2D eigenvalue weighted by molar-refractivity contribution is -0.122. The Bertz CT molecular complexity index is 1020. The minimum absolute atomic E-state index is 0.120. The highest BCUT2D eigenvalue weighted by atomic mass is 79.9. The minimum Gasteiger partial charge on any atom is -0.369 e. The van der Waals surface area contributed by atoms with Gasteiger partial charge < -0.3 is 10.2 Å². The van der Waals surface area contributed by atoms with E-state index in [1.807, 2.05) is 19.2 Å². The number of carbonyl (C=O) groups is 1. The van der Waals surface area contributed by atoms with Crippen molar-refractivity contribution >= 4 is 27.5 Å². The van der Waals surface area contributed by atoms with Crippen molar-refractivity contribution in [2.24, 2.45) is 23.2 Å². The summed E-state index contributed by atoms with van der Waals surface area (Å²) in [6, 6.07) is 4.06. The molecule has 0 aromatic carbocycles. The lowest BCUT2D eigenvalue weighted by Crippen LogP contribution is -2.60. The molecule has 1 amide bonds. The van der Waals surface area contributed by atoms with Crippen LogP contribution in [0.5, 0.6) is 0 Å². The average Bonchev–Trinajstić information content (AvgIpc) is 2.75. The van der Waals surface area contributed by atoms with Crippen LogP contribution in [0, 0.1) is 23.2 Å². The van der Waals surface area contributed by atoms with Crippen molar-refractivity contribution in [1.29, 1.82) is 0 Å². The molecule has 0 spiro atoms. The fraction of sp³-hybridized carbons (Fsp3) is 0.565. The van der Waals surface area contributed by atoms with Crippen molar-refractivity contribution < 1.29 is 4.79 Å². The molecule has 0 aliphatic heterocycles. The molecule has 4 atom stereocenters. The Kier molecular flexibility index (Phi) is 5.94. The number of nitrogens with one attached hydrogen (secondary N) is 1. The van der Waals surface area contributed by atoms with Crippen LogP contribution in [-0.2, 0) is 17.9 Å². The normalized spacial score (nSPS) is 26.1. The van der Waals surface area contributed by atoms with E-state index in [0.717, 1.165) is 29.5 Å². The van der Waals surface area contributed by atoms with Gasteiger partial charge in [-0.25, -0.2) is 4.68 Å². The molecule has 7 nitrogen and oxygen atoms in total. The molecule has 1 N–H and O–H groups in total. The molecule has 3 saturated carbocycles. The number of halogens is 1. The van der Waals surface area contributed by atoms with Crippen LogP contribution in [-0.4, -0.2) is 33.8 Å². The first kappa shape index (κ1) is 22.0. The lowest BCUT2D eigenvalue weighted by atomic mass is 9.44. The summed E-state index contributed by atoms with van der Waals surface area (Å²) in [4.78, 5) is 31.3. The third-order valence-corrected chi connectivity index (χ3v) is 8.44. The van der Waals surface area contributed by atoms with Gasteiger partial charge in [0.15, 0.2) is 0 Å². The highest BCUT2D eigenvalue weighted by Crippen LogP contribution is 2.62. The van der Waals surface area contributed by atoms with E-state index >= 15 is 0 Å². The summed E-state index contributed by atoms with van der Waals surface area (Å²) >= 11 is 3.48. The summed E-state index contributed by atoms with van der Waals surface area (Å²) in [7, 11) is 2.05. The van der Waals surface area contributed by atoms with Gasteiger partial charge in [-0.2, -0.15) is 5.10 Å². The summed E-state index contributed by atoms with van der Waals surface area (Å²) in [6.07, 6.45) is 7.50. The molecule has 5 rings (SSSR count). The third kappa shape index (κ3) is 4.02. The van der Waals surface area contributed by atoms with Crippen LogP contribution >= 0.6 is 15.9 Å². The Morgan fingerprint density at radius 3 is 2.68 bits per heavy atom. The topological polar surface area (TPSA) is 80.1 Å². The summed E-state index contributed by atoms with van der Waals surface area (Å²) in [5.74, 6) is 1.74. The predicted molar refractivity (Wildman–Crippen MR) is 124 cm³/mol. The number of pyridine rings is 1. The van der Waals surface area contributed by atoms with E-state index in [9.17, 15) is 9.59 Å². The van der Waals surface area contributed by atoms with E-state index in [-0.39, 0.29) is 18.0 Å². The van der Waals surface area contributed by atoms with Crippen LogP contribution in [0.4, 0.5) is 5.69 Å². The van der Waals surface area contributed by atoms with Crippen molar-refractivity contribution in [3.8, 4) is 0 Å². The predicted octanol–water partition coefficient (Wildman–Crippen LogP) is 3.22. The maximum atomic E-state index is 12.9. The molecule has 3 aliphatic carbocycles. The van der Waals surface area contributed by atoms with Crippen molar-refractivity contribution in [2.75, 3.05) is 11.9 Å². The molecular formula is C23H30BrN5O2. The Morgan fingerprint density at radius 2 is 2.03 bits per heavy atom. The molecule has 2 aromatic heterocycles. The lowest BCUT2D eigenvalue weighted by Gasteiger charge is -2.63. The number of nitrogens with zero attached hydrogens (tertiary/aromatic N) is 4. The maximum absolute atomic E-state index is 12.9. The fourth-order valence-corrected chi connectivity index (χ4v) is 6.11. The van der Waals surface area contributed by atoms with Crippen LogP contribution < -0.4 is 15.8 Å². The van der Waals surface area contributed by atoms with Gasteiger partial charge in [0.1, 0.15) is 11.0 Å². The van der Waals surface area contributed by atoms with Crippen LogP contribution in [0.3, 0.4) is 0 Å². The Hall–Kier alpha value is -2.22. The molecule has 3 fully saturated rings. The SMILES string of the molecule is C[C@H]1[C@H](N(C)c2cnn(CC(=O)NCc3ccncc3)c(=O)c2Br)C[C@@H]2C[C@H]1C2(C)C. The first-order valence-corrected chi connectivity index (χ1v) is 11.6. The summed E-state index contributed by atoms with van der Waals surface area (Å²) in [5.41, 5.74) is 1.86. The molecule has 2 heterocycles. The molecule has 0 saturated heterocycles. The van der Waals surface area contributed by atoms with Gasteiger partial charge in [-0.3, -0.25) is 14.6 Å².